The Labute approximate surface area is 208 Å². The number of nitrogens with one attached hydrogen (secondary N) is 1. The van der Waals surface area contributed by atoms with Gasteiger partial charge in [-0.25, -0.2) is 9.97 Å². The van der Waals surface area contributed by atoms with E-state index in [0.717, 1.165) is 48.8 Å². The molecule has 0 bridgehead atoms. The molecular formula is C26H38N8O. The van der Waals surface area contributed by atoms with Crippen molar-refractivity contribution >= 4 is 29.2 Å². The maximum absolute atomic E-state index is 13.0. The van der Waals surface area contributed by atoms with Gasteiger partial charge in [0.1, 0.15) is 17.7 Å². The van der Waals surface area contributed by atoms with Crippen LogP contribution in [0.2, 0.25) is 0 Å². The van der Waals surface area contributed by atoms with Crippen molar-refractivity contribution in [1.29, 1.82) is 0 Å². The second kappa shape index (κ2) is 9.97. The van der Waals surface area contributed by atoms with E-state index in [1.807, 2.05) is 32.6 Å². The second-order valence-corrected chi connectivity index (χ2v) is 10.5. The van der Waals surface area contributed by atoms with Gasteiger partial charge in [-0.3, -0.25) is 4.79 Å². The summed E-state index contributed by atoms with van der Waals surface area (Å²) in [7, 11) is 7.99. The van der Waals surface area contributed by atoms with Crippen molar-refractivity contribution in [3.8, 4) is 0 Å². The molecule has 1 saturated heterocycles. The summed E-state index contributed by atoms with van der Waals surface area (Å²) in [5, 5.41) is 3.28. The third-order valence-corrected chi connectivity index (χ3v) is 7.83. The van der Waals surface area contributed by atoms with Crippen LogP contribution in [0.15, 0.2) is 24.5 Å². The van der Waals surface area contributed by atoms with Gasteiger partial charge in [-0.1, -0.05) is 12.8 Å². The molecule has 9 nitrogen and oxygen atoms in total. The number of carbonyl (C=O) groups is 1. The summed E-state index contributed by atoms with van der Waals surface area (Å²) in [4.78, 5) is 35.7. The smallest absolute Gasteiger partial charge is 0.245 e. The maximum Gasteiger partial charge on any atom is 0.245 e. The first-order chi connectivity index (χ1) is 16.9. The van der Waals surface area contributed by atoms with Gasteiger partial charge < -0.3 is 24.9 Å². The monoisotopic (exact) mass is 478 g/mol. The molecule has 1 amide bonds. The molecule has 0 spiro atoms. The van der Waals surface area contributed by atoms with Gasteiger partial charge in [-0.05, 0) is 51.9 Å². The number of aromatic nitrogens is 3. The lowest BCUT2D eigenvalue weighted by atomic mass is 10.0. The Hall–Kier alpha value is -2.94. The zero-order valence-electron chi connectivity index (χ0n) is 21.4. The molecular weight excluding hydrogens is 440 g/mol. The summed E-state index contributed by atoms with van der Waals surface area (Å²) in [6.45, 7) is 2.10. The van der Waals surface area contributed by atoms with Crippen molar-refractivity contribution in [1.82, 2.24) is 24.8 Å². The van der Waals surface area contributed by atoms with E-state index in [4.69, 9.17) is 4.98 Å². The number of hydrogen-bond acceptors (Lipinski definition) is 8. The van der Waals surface area contributed by atoms with Crippen LogP contribution < -0.4 is 15.1 Å². The third-order valence-electron chi connectivity index (χ3n) is 7.83. The van der Waals surface area contributed by atoms with Crippen LogP contribution >= 0.6 is 0 Å². The van der Waals surface area contributed by atoms with Gasteiger partial charge in [0.05, 0.1) is 11.9 Å². The number of likely N-dealkylation sites (N-methyl/N-ethyl adjacent to an activating group) is 1. The summed E-state index contributed by atoms with van der Waals surface area (Å²) in [5.74, 6) is 2.28. The fourth-order valence-corrected chi connectivity index (χ4v) is 5.80. The van der Waals surface area contributed by atoms with Gasteiger partial charge >= 0.3 is 0 Å². The molecule has 1 unspecified atom stereocenters. The predicted molar refractivity (Wildman–Crippen MR) is 139 cm³/mol. The Morgan fingerprint density at radius 3 is 2.37 bits per heavy atom. The Morgan fingerprint density at radius 1 is 1.00 bits per heavy atom. The Morgan fingerprint density at radius 2 is 1.74 bits per heavy atom. The van der Waals surface area contributed by atoms with E-state index in [1.54, 1.807) is 4.90 Å². The van der Waals surface area contributed by atoms with Gasteiger partial charge in [0.15, 0.2) is 0 Å². The third kappa shape index (κ3) is 4.91. The molecule has 2 aromatic rings. The molecule has 1 aliphatic carbocycles. The lowest BCUT2D eigenvalue weighted by Crippen LogP contribution is -2.49. The largest absolute Gasteiger partial charge is 0.370 e. The quantitative estimate of drug-likeness (QED) is 0.679. The number of nitrogens with zero attached hydrogens (tertiary/aromatic N) is 7. The Balaban J connectivity index is 1.30. The number of anilines is 4. The Kier molecular flexibility index (Phi) is 6.77. The molecule has 5 rings (SSSR count). The molecule has 1 N–H and O–H groups in total. The van der Waals surface area contributed by atoms with Crippen LogP contribution in [-0.2, 0) is 11.2 Å². The number of hydrogen-bond donors (Lipinski definition) is 1. The first-order valence-electron chi connectivity index (χ1n) is 12.9. The standard InChI is InChI=1S/C26H38N8O/c1-31(2)19-11-13-33(14-12-19)21-9-10-23(27-17-21)29-26-28-16-18-15-22(25(35)32(3)4)34(24(18)30-26)20-7-5-6-8-20/h9-10,16-17,19-20,22H,5-8,11-15H2,1-4H3,(H,27,28,29,30). The minimum Gasteiger partial charge on any atom is -0.370 e. The lowest BCUT2D eigenvalue weighted by molar-refractivity contribution is -0.130. The summed E-state index contributed by atoms with van der Waals surface area (Å²) in [5.41, 5.74) is 2.20. The van der Waals surface area contributed by atoms with Crippen LogP contribution in [0, 0.1) is 0 Å². The molecule has 1 atom stereocenters. The van der Waals surface area contributed by atoms with Crippen molar-refractivity contribution in [2.75, 3.05) is 56.4 Å². The lowest BCUT2D eigenvalue weighted by Gasteiger charge is -2.36. The fourth-order valence-electron chi connectivity index (χ4n) is 5.80. The highest BCUT2D eigenvalue weighted by Crippen LogP contribution is 2.38. The summed E-state index contributed by atoms with van der Waals surface area (Å²) in [6, 6.07) is 4.95. The number of rotatable bonds is 6. The zero-order valence-corrected chi connectivity index (χ0v) is 21.4. The van der Waals surface area contributed by atoms with Gasteiger partial charge in [-0.15, -0.1) is 0 Å². The van der Waals surface area contributed by atoms with Gasteiger partial charge in [0, 0.05) is 57.4 Å². The van der Waals surface area contributed by atoms with Gasteiger partial charge in [-0.2, -0.15) is 4.98 Å². The zero-order chi connectivity index (χ0) is 24.5. The highest BCUT2D eigenvalue weighted by atomic mass is 16.2. The maximum atomic E-state index is 13.0. The van der Waals surface area contributed by atoms with Gasteiger partial charge in [0.2, 0.25) is 11.9 Å². The molecule has 3 aliphatic rings. The van der Waals surface area contributed by atoms with Gasteiger partial charge in [0.25, 0.3) is 0 Å². The number of fused-ring (bicyclic) bond motifs is 1. The molecule has 9 heteroatoms. The summed E-state index contributed by atoms with van der Waals surface area (Å²) < 4.78 is 0. The molecule has 1 saturated carbocycles. The van der Waals surface area contributed by atoms with E-state index in [-0.39, 0.29) is 11.9 Å². The first kappa shape index (κ1) is 23.8. The van der Waals surface area contributed by atoms with Crippen LogP contribution in [0.5, 0.6) is 0 Å². The highest BCUT2D eigenvalue weighted by molar-refractivity contribution is 5.87. The SMILES string of the molecule is CN(C)C(=O)C1Cc2cnc(Nc3ccc(N4CCC(N(C)C)CC4)cn3)nc2N1C1CCCC1. The molecule has 2 aromatic heterocycles. The Bertz CT molecular complexity index is 1030. The summed E-state index contributed by atoms with van der Waals surface area (Å²) in [6.07, 6.45) is 11.4. The molecule has 0 radical (unpaired) electrons. The summed E-state index contributed by atoms with van der Waals surface area (Å²) >= 11 is 0. The van der Waals surface area contributed by atoms with E-state index in [0.29, 0.717) is 24.5 Å². The first-order valence-corrected chi connectivity index (χ1v) is 12.9. The molecule has 0 aromatic carbocycles. The minimum atomic E-state index is -0.193. The highest BCUT2D eigenvalue weighted by Gasteiger charge is 2.41. The van der Waals surface area contributed by atoms with E-state index in [9.17, 15) is 4.79 Å². The van der Waals surface area contributed by atoms with E-state index in [2.05, 4.69) is 50.1 Å². The number of carbonyl (C=O) groups excluding carboxylic acids is 1. The van der Waals surface area contributed by atoms with Crippen LogP contribution in [0.1, 0.15) is 44.1 Å². The number of amides is 1. The van der Waals surface area contributed by atoms with Crippen molar-refractivity contribution in [2.24, 2.45) is 0 Å². The normalized spacial score (nSPS) is 21.0. The van der Waals surface area contributed by atoms with E-state index < -0.39 is 0 Å². The van der Waals surface area contributed by atoms with Crippen LogP contribution in [0.4, 0.5) is 23.3 Å². The van der Waals surface area contributed by atoms with E-state index >= 15 is 0 Å². The second-order valence-electron chi connectivity index (χ2n) is 10.5. The van der Waals surface area contributed by atoms with Crippen LogP contribution in [0.3, 0.4) is 0 Å². The average molecular weight is 479 g/mol. The van der Waals surface area contributed by atoms with Crippen LogP contribution in [0.25, 0.3) is 0 Å². The minimum absolute atomic E-state index is 0.135. The topological polar surface area (TPSA) is 80.7 Å². The van der Waals surface area contributed by atoms with Crippen molar-refractivity contribution in [3.63, 3.8) is 0 Å². The van der Waals surface area contributed by atoms with E-state index in [1.165, 1.54) is 25.7 Å². The molecule has 2 aliphatic heterocycles. The average Bonchev–Trinajstić information content (AvgIpc) is 3.51. The number of piperidine rings is 1. The number of pyridine rings is 1. The van der Waals surface area contributed by atoms with Crippen molar-refractivity contribution in [2.45, 2.75) is 63.1 Å². The molecule has 35 heavy (non-hydrogen) atoms. The van der Waals surface area contributed by atoms with Crippen molar-refractivity contribution in [3.05, 3.63) is 30.1 Å². The molecule has 2 fully saturated rings. The molecule has 188 valence electrons. The molecule has 4 heterocycles. The fraction of sp³-hybridized carbons (Fsp3) is 0.615. The predicted octanol–water partition coefficient (Wildman–Crippen LogP) is 2.91. The van der Waals surface area contributed by atoms with Crippen molar-refractivity contribution < 1.29 is 4.79 Å². The van der Waals surface area contributed by atoms with Crippen LogP contribution in [-0.4, -0.2) is 90.1 Å².